The van der Waals surface area contributed by atoms with E-state index in [1.807, 2.05) is 18.4 Å². The van der Waals surface area contributed by atoms with Crippen LogP contribution in [0.15, 0.2) is 35.7 Å². The molecule has 132 valence electrons. The Kier molecular flexibility index (Phi) is 3.72. The molecule has 6 heteroatoms. The van der Waals surface area contributed by atoms with E-state index in [0.717, 1.165) is 10.4 Å². The SMILES string of the molecule is Cc1ccsc1C1CC1C(=O)NC1(C(F)(F)F)CCc2ccccc21. The quantitative estimate of drug-likeness (QED) is 0.841. The molecule has 2 aliphatic carbocycles. The Bertz CT molecular complexity index is 828. The molecule has 0 aliphatic heterocycles. The molecule has 1 aromatic heterocycles. The van der Waals surface area contributed by atoms with Gasteiger partial charge < -0.3 is 5.32 Å². The van der Waals surface area contributed by atoms with Crippen molar-refractivity contribution in [3.8, 4) is 0 Å². The van der Waals surface area contributed by atoms with Crippen molar-refractivity contribution < 1.29 is 18.0 Å². The third-order valence-corrected chi connectivity index (χ3v) is 6.58. The van der Waals surface area contributed by atoms with E-state index in [0.29, 0.717) is 18.4 Å². The summed E-state index contributed by atoms with van der Waals surface area (Å²) in [4.78, 5) is 13.8. The topological polar surface area (TPSA) is 29.1 Å². The van der Waals surface area contributed by atoms with Crippen LogP contribution in [0.1, 0.15) is 40.3 Å². The van der Waals surface area contributed by atoms with E-state index in [1.54, 1.807) is 29.5 Å². The molecule has 2 aliphatic rings. The van der Waals surface area contributed by atoms with Gasteiger partial charge >= 0.3 is 6.18 Å². The highest BCUT2D eigenvalue weighted by Gasteiger charge is 2.61. The molecule has 1 aromatic carbocycles. The lowest BCUT2D eigenvalue weighted by atomic mass is 9.90. The number of halogens is 3. The fourth-order valence-electron chi connectivity index (χ4n) is 3.95. The fourth-order valence-corrected chi connectivity index (χ4v) is 5.06. The summed E-state index contributed by atoms with van der Waals surface area (Å²) in [5.74, 6) is -0.780. The highest BCUT2D eigenvalue weighted by Crippen LogP contribution is 2.53. The average molecular weight is 365 g/mol. The second-order valence-electron chi connectivity index (χ2n) is 6.97. The number of hydrogen-bond donors (Lipinski definition) is 1. The summed E-state index contributed by atoms with van der Waals surface area (Å²) >= 11 is 1.58. The smallest absolute Gasteiger partial charge is 0.338 e. The number of hydrogen-bond acceptors (Lipinski definition) is 2. The lowest BCUT2D eigenvalue weighted by molar-refractivity contribution is -0.202. The molecule has 25 heavy (non-hydrogen) atoms. The Labute approximate surface area is 148 Å². The molecule has 2 aromatic rings. The van der Waals surface area contributed by atoms with Crippen molar-refractivity contribution in [2.45, 2.75) is 43.8 Å². The summed E-state index contributed by atoms with van der Waals surface area (Å²) in [5.41, 5.74) is -0.276. The minimum atomic E-state index is -4.52. The van der Waals surface area contributed by atoms with Gasteiger partial charge in [-0.25, -0.2) is 0 Å². The van der Waals surface area contributed by atoms with Crippen LogP contribution in [0, 0.1) is 12.8 Å². The number of nitrogens with one attached hydrogen (secondary N) is 1. The maximum Gasteiger partial charge on any atom is 0.415 e. The highest BCUT2D eigenvalue weighted by atomic mass is 32.1. The number of carbonyl (C=O) groups is 1. The largest absolute Gasteiger partial charge is 0.415 e. The molecule has 4 rings (SSSR count). The number of rotatable bonds is 3. The van der Waals surface area contributed by atoms with Crippen molar-refractivity contribution in [2.24, 2.45) is 5.92 Å². The predicted molar refractivity (Wildman–Crippen MR) is 90.5 cm³/mol. The molecule has 1 N–H and O–H groups in total. The Morgan fingerprint density at radius 3 is 2.72 bits per heavy atom. The summed E-state index contributed by atoms with van der Waals surface area (Å²) in [6, 6.07) is 8.53. The number of alkyl halides is 3. The average Bonchev–Trinajstić information content (AvgIpc) is 3.10. The van der Waals surface area contributed by atoms with Crippen LogP contribution in [0.2, 0.25) is 0 Å². The highest BCUT2D eigenvalue weighted by molar-refractivity contribution is 7.10. The second-order valence-corrected chi connectivity index (χ2v) is 7.91. The van der Waals surface area contributed by atoms with Gasteiger partial charge in [-0.2, -0.15) is 13.2 Å². The third-order valence-electron chi connectivity index (χ3n) is 5.43. The number of carbonyl (C=O) groups excluding carboxylic acids is 1. The van der Waals surface area contributed by atoms with Gasteiger partial charge in [0.05, 0.1) is 0 Å². The van der Waals surface area contributed by atoms with Gasteiger partial charge in [0.15, 0.2) is 5.54 Å². The summed E-state index contributed by atoms with van der Waals surface area (Å²) < 4.78 is 41.9. The van der Waals surface area contributed by atoms with Crippen LogP contribution in [0.25, 0.3) is 0 Å². The van der Waals surface area contributed by atoms with Crippen molar-refractivity contribution in [2.75, 3.05) is 0 Å². The molecule has 1 fully saturated rings. The summed E-state index contributed by atoms with van der Waals surface area (Å²) in [5, 5.41) is 4.36. The normalized spacial score (nSPS) is 27.8. The molecule has 3 atom stereocenters. The Hall–Kier alpha value is -1.82. The lowest BCUT2D eigenvalue weighted by Crippen LogP contribution is -2.55. The van der Waals surface area contributed by atoms with Crippen LogP contribution in [-0.2, 0) is 16.8 Å². The third kappa shape index (κ3) is 2.58. The van der Waals surface area contributed by atoms with Gasteiger partial charge in [-0.3, -0.25) is 4.79 Å². The van der Waals surface area contributed by atoms with E-state index >= 15 is 0 Å². The Morgan fingerprint density at radius 2 is 2.04 bits per heavy atom. The molecule has 1 amide bonds. The zero-order valence-electron chi connectivity index (χ0n) is 13.7. The van der Waals surface area contributed by atoms with Crippen LogP contribution in [0.4, 0.5) is 13.2 Å². The van der Waals surface area contributed by atoms with E-state index in [-0.39, 0.29) is 23.8 Å². The first-order chi connectivity index (χ1) is 11.8. The molecule has 3 unspecified atom stereocenters. The molecular formula is C19H18F3NOS. The molecule has 2 nitrogen and oxygen atoms in total. The molecule has 0 radical (unpaired) electrons. The van der Waals surface area contributed by atoms with Crippen molar-refractivity contribution in [3.63, 3.8) is 0 Å². The number of benzene rings is 1. The zero-order valence-corrected chi connectivity index (χ0v) is 14.5. The lowest BCUT2D eigenvalue weighted by Gasteiger charge is -2.34. The van der Waals surface area contributed by atoms with Crippen molar-refractivity contribution in [1.82, 2.24) is 5.32 Å². The van der Waals surface area contributed by atoms with Gasteiger partial charge in [-0.15, -0.1) is 11.3 Å². The number of fused-ring (bicyclic) bond motifs is 1. The van der Waals surface area contributed by atoms with E-state index in [4.69, 9.17) is 0 Å². The van der Waals surface area contributed by atoms with Gasteiger partial charge in [0.2, 0.25) is 5.91 Å². The van der Waals surface area contributed by atoms with E-state index in [2.05, 4.69) is 5.32 Å². The molecule has 1 saturated carbocycles. The van der Waals surface area contributed by atoms with Gasteiger partial charge in [0.25, 0.3) is 0 Å². The molecule has 0 saturated heterocycles. The summed E-state index contributed by atoms with van der Waals surface area (Å²) in [6.07, 6.45) is -3.69. The van der Waals surface area contributed by atoms with Gasteiger partial charge in [0.1, 0.15) is 0 Å². The standard InChI is InChI=1S/C19H18F3NOS/c1-11-7-9-25-16(11)13-10-14(13)17(24)23-18(19(20,21)22)8-6-12-4-2-3-5-15(12)18/h2-5,7,9,13-14H,6,8,10H2,1H3,(H,23,24). The zero-order chi connectivity index (χ0) is 17.8. The summed E-state index contributed by atoms with van der Waals surface area (Å²) in [6.45, 7) is 1.98. The van der Waals surface area contributed by atoms with Gasteiger partial charge in [-0.05, 0) is 54.3 Å². The molecule has 1 heterocycles. The molecule has 0 bridgehead atoms. The summed E-state index contributed by atoms with van der Waals surface area (Å²) in [7, 11) is 0. The molecular weight excluding hydrogens is 347 g/mol. The second kappa shape index (κ2) is 5.59. The first-order valence-corrected chi connectivity index (χ1v) is 9.22. The van der Waals surface area contributed by atoms with Crippen LogP contribution in [-0.4, -0.2) is 12.1 Å². The fraction of sp³-hybridized carbons (Fsp3) is 0.421. The van der Waals surface area contributed by atoms with Gasteiger partial charge in [0, 0.05) is 16.7 Å². The number of amides is 1. The first-order valence-electron chi connectivity index (χ1n) is 8.34. The maximum atomic E-state index is 14.0. The monoisotopic (exact) mass is 365 g/mol. The van der Waals surface area contributed by atoms with Crippen LogP contribution in [0.5, 0.6) is 0 Å². The first kappa shape index (κ1) is 16.6. The molecule has 0 spiro atoms. The number of thiophene rings is 1. The van der Waals surface area contributed by atoms with E-state index < -0.39 is 17.6 Å². The van der Waals surface area contributed by atoms with Crippen LogP contribution < -0.4 is 5.32 Å². The van der Waals surface area contributed by atoms with Crippen LogP contribution in [0.3, 0.4) is 0 Å². The van der Waals surface area contributed by atoms with Gasteiger partial charge in [-0.1, -0.05) is 24.3 Å². The Morgan fingerprint density at radius 1 is 1.28 bits per heavy atom. The number of aryl methyl sites for hydroxylation is 2. The van der Waals surface area contributed by atoms with E-state index in [9.17, 15) is 18.0 Å². The predicted octanol–water partition coefficient (Wildman–Crippen LogP) is 4.68. The van der Waals surface area contributed by atoms with Crippen molar-refractivity contribution in [1.29, 1.82) is 0 Å². The minimum absolute atomic E-state index is 0.0573. The van der Waals surface area contributed by atoms with Crippen LogP contribution >= 0.6 is 11.3 Å². The minimum Gasteiger partial charge on any atom is -0.338 e. The Balaban J connectivity index is 1.60. The maximum absolute atomic E-state index is 14.0. The van der Waals surface area contributed by atoms with E-state index in [1.165, 1.54) is 6.07 Å². The van der Waals surface area contributed by atoms with Crippen molar-refractivity contribution >= 4 is 17.2 Å². The van der Waals surface area contributed by atoms with Crippen molar-refractivity contribution in [3.05, 3.63) is 57.3 Å².